The van der Waals surface area contributed by atoms with Crippen molar-refractivity contribution >= 4 is 23.3 Å². The van der Waals surface area contributed by atoms with E-state index in [1.807, 2.05) is 0 Å². The summed E-state index contributed by atoms with van der Waals surface area (Å²) in [5.41, 5.74) is -0.191. The Kier molecular flexibility index (Phi) is 3.37. The van der Waals surface area contributed by atoms with E-state index in [4.69, 9.17) is 21.2 Å². The largest absolute Gasteiger partial charge is 0.455 e. The van der Waals surface area contributed by atoms with Crippen LogP contribution in [-0.4, -0.2) is 29.3 Å². The van der Waals surface area contributed by atoms with Crippen LogP contribution in [0.15, 0.2) is 5.16 Å². The van der Waals surface area contributed by atoms with Crippen LogP contribution in [-0.2, 0) is 14.4 Å². The van der Waals surface area contributed by atoms with Gasteiger partial charge >= 0.3 is 5.97 Å². The van der Waals surface area contributed by atoms with Crippen LogP contribution >= 0.6 is 11.6 Å². The van der Waals surface area contributed by atoms with Gasteiger partial charge < -0.3 is 9.57 Å². The zero-order chi connectivity index (χ0) is 10.8. The van der Waals surface area contributed by atoms with Crippen molar-refractivity contribution < 1.29 is 14.4 Å². The van der Waals surface area contributed by atoms with Gasteiger partial charge in [0.05, 0.1) is 5.88 Å². The summed E-state index contributed by atoms with van der Waals surface area (Å²) in [7, 11) is 0. The Balaban J connectivity index is 2.48. The number of oxime groups is 1. The fourth-order valence-corrected chi connectivity index (χ4v) is 1.13. The highest BCUT2D eigenvalue weighted by atomic mass is 35.5. The van der Waals surface area contributed by atoms with Gasteiger partial charge in [-0.25, -0.2) is 4.79 Å². The molecule has 0 saturated carbocycles. The molecule has 1 aliphatic rings. The maximum atomic E-state index is 11.4. The Bertz CT molecular complexity index is 257. The zero-order valence-electron chi connectivity index (χ0n) is 8.54. The number of hydrogen-bond donors (Lipinski definition) is 0. The zero-order valence-corrected chi connectivity index (χ0v) is 9.30. The Morgan fingerprint density at radius 3 is 2.79 bits per heavy atom. The van der Waals surface area contributed by atoms with E-state index in [1.165, 1.54) is 0 Å². The second-order valence-corrected chi connectivity index (χ2v) is 4.43. The minimum absolute atomic E-state index is 0.195. The van der Waals surface area contributed by atoms with Gasteiger partial charge in [0, 0.05) is 6.42 Å². The lowest BCUT2D eigenvalue weighted by molar-refractivity contribution is -0.146. The van der Waals surface area contributed by atoms with Crippen LogP contribution < -0.4 is 0 Å². The number of esters is 1. The molecular formula is C9H14ClNO3. The molecule has 0 bridgehead atoms. The standard InChI is InChI=1S/C9H14ClNO3/c1-9(2,3)13-8(12)7-4-6(5-10)14-11-7/h6H,4-5H2,1-3H3. The lowest BCUT2D eigenvalue weighted by Gasteiger charge is -2.18. The van der Waals surface area contributed by atoms with Gasteiger partial charge in [-0.2, -0.15) is 0 Å². The van der Waals surface area contributed by atoms with Gasteiger partial charge in [0.2, 0.25) is 0 Å². The van der Waals surface area contributed by atoms with Crippen molar-refractivity contribution in [2.24, 2.45) is 5.16 Å². The van der Waals surface area contributed by atoms with Crippen molar-refractivity contribution in [1.29, 1.82) is 0 Å². The number of carbonyl (C=O) groups excluding carboxylic acids is 1. The van der Waals surface area contributed by atoms with Gasteiger partial charge in [0.1, 0.15) is 11.7 Å². The van der Waals surface area contributed by atoms with E-state index in [9.17, 15) is 4.79 Å². The minimum Gasteiger partial charge on any atom is -0.455 e. The van der Waals surface area contributed by atoms with Crippen LogP contribution in [0.2, 0.25) is 0 Å². The van der Waals surface area contributed by atoms with Gasteiger partial charge in [-0.15, -0.1) is 11.6 Å². The maximum absolute atomic E-state index is 11.4. The second-order valence-electron chi connectivity index (χ2n) is 4.13. The lowest BCUT2D eigenvalue weighted by Crippen LogP contribution is -2.29. The third-order valence-corrected chi connectivity index (χ3v) is 1.88. The number of hydrogen-bond acceptors (Lipinski definition) is 4. The first-order valence-corrected chi connectivity index (χ1v) is 4.98. The van der Waals surface area contributed by atoms with Crippen LogP contribution in [0.4, 0.5) is 0 Å². The first-order chi connectivity index (χ1) is 6.42. The monoisotopic (exact) mass is 219 g/mol. The van der Waals surface area contributed by atoms with Crippen LogP contribution in [0, 0.1) is 0 Å². The molecule has 0 spiro atoms. The van der Waals surface area contributed by atoms with Crippen molar-refractivity contribution in [2.45, 2.75) is 38.9 Å². The summed E-state index contributed by atoms with van der Waals surface area (Å²) < 4.78 is 5.12. The molecule has 0 aromatic rings. The molecule has 14 heavy (non-hydrogen) atoms. The normalized spacial score (nSPS) is 21.4. The predicted molar refractivity (Wildman–Crippen MR) is 53.5 cm³/mol. The molecule has 0 aliphatic carbocycles. The molecule has 0 fully saturated rings. The van der Waals surface area contributed by atoms with Gasteiger partial charge in [-0.3, -0.25) is 0 Å². The Hall–Kier alpha value is -0.770. The van der Waals surface area contributed by atoms with Gasteiger partial charge in [0.25, 0.3) is 0 Å². The molecule has 1 aliphatic heterocycles. The fourth-order valence-electron chi connectivity index (χ4n) is 0.969. The molecule has 0 N–H and O–H groups in total. The highest BCUT2D eigenvalue weighted by Crippen LogP contribution is 2.15. The predicted octanol–water partition coefficient (Wildman–Crippen LogP) is 1.71. The summed E-state index contributed by atoms with van der Waals surface area (Å²) in [6, 6.07) is 0. The summed E-state index contributed by atoms with van der Waals surface area (Å²) in [6.45, 7) is 5.42. The van der Waals surface area contributed by atoms with E-state index in [1.54, 1.807) is 20.8 Å². The molecule has 0 aromatic carbocycles. The molecule has 5 heteroatoms. The Morgan fingerprint density at radius 2 is 2.36 bits per heavy atom. The van der Waals surface area contributed by atoms with Crippen molar-refractivity contribution in [1.82, 2.24) is 0 Å². The van der Waals surface area contributed by atoms with Crippen molar-refractivity contribution in [3.8, 4) is 0 Å². The van der Waals surface area contributed by atoms with Gasteiger partial charge in [-0.1, -0.05) is 5.16 Å². The smallest absolute Gasteiger partial charge is 0.356 e. The number of carbonyl (C=O) groups is 1. The Labute approximate surface area is 88.2 Å². The fraction of sp³-hybridized carbons (Fsp3) is 0.778. The molecule has 1 unspecified atom stereocenters. The van der Waals surface area contributed by atoms with E-state index in [2.05, 4.69) is 5.16 Å². The second kappa shape index (κ2) is 4.17. The highest BCUT2D eigenvalue weighted by Gasteiger charge is 2.29. The summed E-state index contributed by atoms with van der Waals surface area (Å²) in [5, 5.41) is 3.63. The highest BCUT2D eigenvalue weighted by molar-refractivity contribution is 6.37. The third kappa shape index (κ3) is 3.18. The van der Waals surface area contributed by atoms with Gasteiger partial charge in [0.15, 0.2) is 5.71 Å². The minimum atomic E-state index is -0.501. The molecule has 0 saturated heterocycles. The average molecular weight is 220 g/mol. The molecule has 1 atom stereocenters. The number of nitrogens with zero attached hydrogens (tertiary/aromatic N) is 1. The summed E-state index contributed by atoms with van der Waals surface area (Å²) >= 11 is 5.56. The van der Waals surface area contributed by atoms with E-state index < -0.39 is 11.6 Å². The quantitative estimate of drug-likeness (QED) is 0.525. The molecule has 0 amide bonds. The van der Waals surface area contributed by atoms with E-state index in [-0.39, 0.29) is 6.10 Å². The van der Waals surface area contributed by atoms with Crippen molar-refractivity contribution in [2.75, 3.05) is 5.88 Å². The summed E-state index contributed by atoms with van der Waals surface area (Å²) in [4.78, 5) is 16.4. The molecular weight excluding hydrogens is 206 g/mol. The topological polar surface area (TPSA) is 47.9 Å². The third-order valence-electron chi connectivity index (χ3n) is 1.54. The molecule has 1 rings (SSSR count). The molecule has 80 valence electrons. The number of halogens is 1. The number of ether oxygens (including phenoxy) is 1. The SMILES string of the molecule is CC(C)(C)OC(=O)C1=NOC(CCl)C1. The van der Waals surface area contributed by atoms with E-state index >= 15 is 0 Å². The first-order valence-electron chi connectivity index (χ1n) is 4.44. The lowest BCUT2D eigenvalue weighted by atomic mass is 10.1. The summed E-state index contributed by atoms with van der Waals surface area (Å²) in [6.07, 6.45) is 0.234. The molecule has 0 aromatic heterocycles. The summed E-state index contributed by atoms with van der Waals surface area (Å²) in [5.74, 6) is -0.0967. The van der Waals surface area contributed by atoms with Crippen LogP contribution in [0.3, 0.4) is 0 Å². The molecule has 1 heterocycles. The van der Waals surface area contributed by atoms with E-state index in [0.717, 1.165) is 0 Å². The maximum Gasteiger partial charge on any atom is 0.356 e. The first kappa shape index (κ1) is 11.3. The number of rotatable bonds is 2. The van der Waals surface area contributed by atoms with Crippen molar-refractivity contribution in [3.05, 3.63) is 0 Å². The van der Waals surface area contributed by atoms with Crippen molar-refractivity contribution in [3.63, 3.8) is 0 Å². The van der Waals surface area contributed by atoms with E-state index in [0.29, 0.717) is 18.0 Å². The average Bonchev–Trinajstić information content (AvgIpc) is 2.48. The van der Waals surface area contributed by atoms with Crippen LogP contribution in [0.25, 0.3) is 0 Å². The molecule has 4 nitrogen and oxygen atoms in total. The van der Waals surface area contributed by atoms with Crippen LogP contribution in [0.5, 0.6) is 0 Å². The number of alkyl halides is 1. The molecule has 0 radical (unpaired) electrons. The van der Waals surface area contributed by atoms with Gasteiger partial charge in [-0.05, 0) is 20.8 Å². The Morgan fingerprint density at radius 1 is 1.71 bits per heavy atom. The van der Waals surface area contributed by atoms with Crippen LogP contribution in [0.1, 0.15) is 27.2 Å².